The molecule has 0 amide bonds. The van der Waals surface area contributed by atoms with E-state index in [1.807, 2.05) is 18.2 Å². The van der Waals surface area contributed by atoms with E-state index in [1.165, 1.54) is 27.9 Å². The van der Waals surface area contributed by atoms with Crippen LogP contribution >= 0.6 is 0 Å². The van der Waals surface area contributed by atoms with Crippen LogP contribution in [0.5, 0.6) is 5.75 Å². The summed E-state index contributed by atoms with van der Waals surface area (Å²) in [4.78, 5) is 2.50. The first-order valence-electron chi connectivity index (χ1n) is 10.8. The number of sulfone groups is 1. The van der Waals surface area contributed by atoms with Crippen molar-refractivity contribution >= 4 is 19.9 Å². The summed E-state index contributed by atoms with van der Waals surface area (Å²) in [5, 5.41) is 0. The van der Waals surface area contributed by atoms with Crippen molar-refractivity contribution in [3.63, 3.8) is 0 Å². The van der Waals surface area contributed by atoms with Gasteiger partial charge in [0, 0.05) is 39.0 Å². The highest BCUT2D eigenvalue weighted by Crippen LogP contribution is 2.30. The molecule has 9 heteroatoms. The van der Waals surface area contributed by atoms with Gasteiger partial charge >= 0.3 is 0 Å². The first-order valence-corrected chi connectivity index (χ1v) is 14.5. The zero-order valence-electron chi connectivity index (χ0n) is 18.5. The minimum Gasteiger partial charge on any atom is -0.492 e. The highest BCUT2D eigenvalue weighted by molar-refractivity contribution is 7.90. The minimum absolute atomic E-state index is 0.197. The Morgan fingerprint density at radius 2 is 1.56 bits per heavy atom. The van der Waals surface area contributed by atoms with Gasteiger partial charge in [0.1, 0.15) is 10.6 Å². The summed E-state index contributed by atoms with van der Waals surface area (Å²) in [5.41, 5.74) is 3.57. The second-order valence-corrected chi connectivity index (χ2v) is 12.9. The van der Waals surface area contributed by atoms with Crippen LogP contribution in [0.4, 0.5) is 0 Å². The van der Waals surface area contributed by atoms with E-state index >= 15 is 0 Å². The van der Waals surface area contributed by atoms with E-state index in [0.29, 0.717) is 44.8 Å². The van der Waals surface area contributed by atoms with E-state index in [1.54, 1.807) is 12.1 Å². The average molecular weight is 479 g/mol. The average Bonchev–Trinajstić information content (AvgIpc) is 3.14. The Morgan fingerprint density at radius 1 is 0.938 bits per heavy atom. The molecule has 2 aromatic rings. The molecule has 0 atom stereocenters. The molecule has 0 aromatic heterocycles. The Kier molecular flexibility index (Phi) is 6.63. The molecule has 174 valence electrons. The number of fused-ring (bicyclic) bond motifs is 1. The zero-order valence-corrected chi connectivity index (χ0v) is 20.2. The summed E-state index contributed by atoms with van der Waals surface area (Å²) in [6, 6.07) is 13.8. The van der Waals surface area contributed by atoms with E-state index in [4.69, 9.17) is 4.74 Å². The van der Waals surface area contributed by atoms with Crippen molar-refractivity contribution in [2.45, 2.75) is 37.4 Å². The molecule has 32 heavy (non-hydrogen) atoms. The Labute approximate surface area is 191 Å². The number of sulfonamides is 1. The minimum atomic E-state index is -3.46. The number of ether oxygens (including phenoxy) is 1. The number of benzene rings is 2. The fraction of sp³-hybridized carbons (Fsp3) is 0.478. The molecule has 0 bridgehead atoms. The number of hydrogen-bond donors (Lipinski definition) is 0. The fourth-order valence-electron chi connectivity index (χ4n) is 4.45. The summed E-state index contributed by atoms with van der Waals surface area (Å²) in [6.07, 6.45) is 3.84. The van der Waals surface area contributed by atoms with Gasteiger partial charge in [-0.1, -0.05) is 30.3 Å². The standard InChI is InChI=1S/C23H30N2O5S2/c1-31(26,27)23-13-19(14-24-15-20-5-3-4-6-21(20)16-24)7-8-22(23)30-17-18-9-11-25(12-10-18)32(2,28)29/h3-8,13,18H,9-12,14-17H2,1-2H3. The fourth-order valence-corrected chi connectivity index (χ4v) is 6.18. The van der Waals surface area contributed by atoms with Gasteiger partial charge in [-0.25, -0.2) is 21.1 Å². The molecule has 2 aromatic carbocycles. The first kappa shape index (κ1) is 23.2. The van der Waals surface area contributed by atoms with Gasteiger partial charge in [-0.2, -0.15) is 0 Å². The first-order chi connectivity index (χ1) is 15.1. The second-order valence-electron chi connectivity index (χ2n) is 8.88. The van der Waals surface area contributed by atoms with Crippen LogP contribution in [-0.4, -0.2) is 58.2 Å². The number of hydrogen-bond acceptors (Lipinski definition) is 6. The zero-order chi connectivity index (χ0) is 22.9. The molecule has 0 aliphatic carbocycles. The van der Waals surface area contributed by atoms with E-state index in [9.17, 15) is 16.8 Å². The van der Waals surface area contributed by atoms with Gasteiger partial charge in [0.2, 0.25) is 10.0 Å². The number of piperidine rings is 1. The van der Waals surface area contributed by atoms with Crippen LogP contribution in [0.15, 0.2) is 47.4 Å². The topological polar surface area (TPSA) is 84.0 Å². The molecule has 0 N–H and O–H groups in total. The summed E-state index contributed by atoms with van der Waals surface area (Å²) < 4.78 is 55.7. The van der Waals surface area contributed by atoms with Crippen molar-refractivity contribution in [1.82, 2.24) is 9.21 Å². The van der Waals surface area contributed by atoms with Gasteiger partial charge in [-0.15, -0.1) is 0 Å². The predicted octanol–water partition coefficient (Wildman–Crippen LogP) is 2.66. The molecular weight excluding hydrogens is 448 g/mol. The summed E-state index contributed by atoms with van der Waals surface area (Å²) in [6.45, 7) is 3.71. The summed E-state index contributed by atoms with van der Waals surface area (Å²) in [7, 11) is -6.62. The molecule has 1 fully saturated rings. The molecule has 4 rings (SSSR count). The van der Waals surface area contributed by atoms with Crippen LogP contribution in [0.25, 0.3) is 0 Å². The van der Waals surface area contributed by atoms with Crippen LogP contribution in [-0.2, 0) is 39.5 Å². The van der Waals surface area contributed by atoms with Crippen molar-refractivity contribution < 1.29 is 21.6 Å². The third-order valence-electron chi connectivity index (χ3n) is 6.24. The maximum Gasteiger partial charge on any atom is 0.211 e. The Hall–Kier alpha value is -1.94. The van der Waals surface area contributed by atoms with Gasteiger partial charge < -0.3 is 4.74 Å². The van der Waals surface area contributed by atoms with Crippen LogP contribution < -0.4 is 4.74 Å². The largest absolute Gasteiger partial charge is 0.492 e. The predicted molar refractivity (Wildman–Crippen MR) is 124 cm³/mol. The molecule has 2 aliphatic heterocycles. The van der Waals surface area contributed by atoms with E-state index < -0.39 is 19.9 Å². The monoisotopic (exact) mass is 478 g/mol. The number of rotatable bonds is 7. The van der Waals surface area contributed by atoms with Gasteiger partial charge in [0.05, 0.1) is 12.9 Å². The van der Waals surface area contributed by atoms with Gasteiger partial charge in [0.15, 0.2) is 9.84 Å². The molecule has 0 radical (unpaired) electrons. The van der Waals surface area contributed by atoms with E-state index in [2.05, 4.69) is 17.0 Å². The normalized spacial score (nSPS) is 18.6. The lowest BCUT2D eigenvalue weighted by Crippen LogP contribution is -2.39. The Bertz CT molecular complexity index is 1160. The molecule has 0 unspecified atom stereocenters. The quantitative estimate of drug-likeness (QED) is 0.608. The number of nitrogens with zero attached hydrogens (tertiary/aromatic N) is 2. The third kappa shape index (κ3) is 5.51. The highest BCUT2D eigenvalue weighted by atomic mass is 32.2. The second kappa shape index (κ2) is 9.13. The lowest BCUT2D eigenvalue weighted by molar-refractivity contribution is 0.183. The molecule has 0 saturated carbocycles. The van der Waals surface area contributed by atoms with Crippen molar-refractivity contribution in [2.24, 2.45) is 5.92 Å². The van der Waals surface area contributed by atoms with Gasteiger partial charge in [0.25, 0.3) is 0 Å². The molecule has 2 heterocycles. The lowest BCUT2D eigenvalue weighted by Gasteiger charge is -2.30. The van der Waals surface area contributed by atoms with Crippen LogP contribution in [0, 0.1) is 5.92 Å². The Morgan fingerprint density at radius 3 is 2.12 bits per heavy atom. The van der Waals surface area contributed by atoms with Crippen molar-refractivity contribution in [1.29, 1.82) is 0 Å². The van der Waals surface area contributed by atoms with Gasteiger partial charge in [-0.05, 0) is 47.6 Å². The molecular formula is C23H30N2O5S2. The highest BCUT2D eigenvalue weighted by Gasteiger charge is 2.26. The van der Waals surface area contributed by atoms with E-state index in [-0.39, 0.29) is 10.8 Å². The van der Waals surface area contributed by atoms with Crippen molar-refractivity contribution in [2.75, 3.05) is 32.2 Å². The van der Waals surface area contributed by atoms with Crippen LogP contribution in [0.1, 0.15) is 29.5 Å². The molecule has 1 saturated heterocycles. The molecule has 7 nitrogen and oxygen atoms in total. The SMILES string of the molecule is CS(=O)(=O)c1cc(CN2Cc3ccccc3C2)ccc1OCC1CCN(S(C)(=O)=O)CC1. The van der Waals surface area contributed by atoms with Crippen LogP contribution in [0.3, 0.4) is 0 Å². The van der Waals surface area contributed by atoms with Crippen molar-refractivity contribution in [3.8, 4) is 5.75 Å². The van der Waals surface area contributed by atoms with E-state index in [0.717, 1.165) is 18.7 Å². The maximum absolute atomic E-state index is 12.5. The van der Waals surface area contributed by atoms with Crippen LogP contribution in [0.2, 0.25) is 0 Å². The molecule has 0 spiro atoms. The summed E-state index contributed by atoms with van der Waals surface area (Å²) in [5.74, 6) is 0.565. The molecule has 2 aliphatic rings. The van der Waals surface area contributed by atoms with Gasteiger partial charge in [-0.3, -0.25) is 4.90 Å². The summed E-state index contributed by atoms with van der Waals surface area (Å²) >= 11 is 0. The lowest BCUT2D eigenvalue weighted by atomic mass is 9.99. The third-order valence-corrected chi connectivity index (χ3v) is 8.66. The maximum atomic E-state index is 12.5. The smallest absolute Gasteiger partial charge is 0.211 e. The van der Waals surface area contributed by atoms with Crippen molar-refractivity contribution in [3.05, 3.63) is 59.2 Å². The Balaban J connectivity index is 1.41.